The topological polar surface area (TPSA) is 79.4 Å². The highest BCUT2D eigenvalue weighted by atomic mass is 35.5. The van der Waals surface area contributed by atoms with E-state index in [1.807, 2.05) is 25.1 Å². The Kier molecular flexibility index (Phi) is 8.35. The summed E-state index contributed by atoms with van der Waals surface area (Å²) in [5, 5.41) is 0.687. The van der Waals surface area contributed by atoms with Crippen LogP contribution in [-0.2, 0) is 27.9 Å². The number of sulfonamides is 1. The van der Waals surface area contributed by atoms with Crippen molar-refractivity contribution in [1.29, 1.82) is 0 Å². The van der Waals surface area contributed by atoms with Gasteiger partial charge < -0.3 is 14.4 Å². The summed E-state index contributed by atoms with van der Waals surface area (Å²) in [6.07, 6.45) is 0. The van der Waals surface area contributed by atoms with E-state index in [2.05, 4.69) is 4.90 Å². The van der Waals surface area contributed by atoms with Gasteiger partial charge in [0.25, 0.3) is 0 Å². The van der Waals surface area contributed by atoms with Crippen molar-refractivity contribution in [2.75, 3.05) is 39.5 Å². The molecule has 0 N–H and O–H groups in total. The smallest absolute Gasteiger partial charge is 0.243 e. The first-order valence-electron chi connectivity index (χ1n) is 12.6. The van der Waals surface area contributed by atoms with Crippen LogP contribution in [0.25, 0.3) is 0 Å². The summed E-state index contributed by atoms with van der Waals surface area (Å²) in [5.41, 5.74) is 2.49. The van der Waals surface area contributed by atoms with E-state index in [0.29, 0.717) is 41.8 Å². The molecule has 2 heterocycles. The first kappa shape index (κ1) is 27.7. The van der Waals surface area contributed by atoms with Gasteiger partial charge in [-0.1, -0.05) is 53.0 Å². The standard InChI is InChI=1S/C28H29Cl2N3O5S/c1-20-5-8-22(9-6-20)39(35,36)33(17-23-24(29)3-2-4-25(23)30)18-28(34)32-13-11-31(12-14-32)16-21-7-10-26-27(15-21)38-19-37-26/h2-10,15H,11-14,16-19H2,1H3. The van der Waals surface area contributed by atoms with Crippen LogP contribution in [0.1, 0.15) is 16.7 Å². The van der Waals surface area contributed by atoms with Crippen molar-refractivity contribution in [1.82, 2.24) is 14.1 Å². The Morgan fingerprint density at radius 2 is 1.59 bits per heavy atom. The van der Waals surface area contributed by atoms with E-state index in [9.17, 15) is 13.2 Å². The highest BCUT2D eigenvalue weighted by Gasteiger charge is 2.31. The molecule has 206 valence electrons. The second-order valence-electron chi connectivity index (χ2n) is 9.63. The van der Waals surface area contributed by atoms with E-state index < -0.39 is 10.0 Å². The molecule has 11 heteroatoms. The average molecular weight is 591 g/mol. The van der Waals surface area contributed by atoms with Gasteiger partial charge in [-0.2, -0.15) is 4.31 Å². The van der Waals surface area contributed by atoms with E-state index in [4.69, 9.17) is 32.7 Å². The fourth-order valence-electron chi connectivity index (χ4n) is 4.65. The maximum atomic E-state index is 13.7. The molecule has 1 fully saturated rings. The highest BCUT2D eigenvalue weighted by Crippen LogP contribution is 2.33. The number of aryl methyl sites for hydroxylation is 1. The first-order valence-corrected chi connectivity index (χ1v) is 14.8. The second-order valence-corrected chi connectivity index (χ2v) is 12.4. The van der Waals surface area contributed by atoms with E-state index in [1.54, 1.807) is 47.4 Å². The molecule has 0 atom stereocenters. The van der Waals surface area contributed by atoms with Crippen LogP contribution in [0.4, 0.5) is 0 Å². The van der Waals surface area contributed by atoms with E-state index in [0.717, 1.165) is 33.5 Å². The number of halogens is 2. The monoisotopic (exact) mass is 589 g/mol. The maximum Gasteiger partial charge on any atom is 0.243 e. The molecule has 3 aromatic rings. The number of benzene rings is 3. The number of piperazine rings is 1. The third-order valence-corrected chi connectivity index (χ3v) is 9.45. The van der Waals surface area contributed by atoms with Crippen molar-refractivity contribution in [3.63, 3.8) is 0 Å². The zero-order valence-corrected chi connectivity index (χ0v) is 23.8. The molecule has 3 aromatic carbocycles. The molecule has 0 spiro atoms. The Morgan fingerprint density at radius 3 is 2.28 bits per heavy atom. The lowest BCUT2D eigenvalue weighted by Gasteiger charge is -2.35. The van der Waals surface area contributed by atoms with E-state index in [-0.39, 0.29) is 30.7 Å². The van der Waals surface area contributed by atoms with E-state index >= 15 is 0 Å². The second kappa shape index (κ2) is 11.7. The third-order valence-electron chi connectivity index (χ3n) is 6.93. The molecule has 0 saturated carbocycles. The number of nitrogens with zero attached hydrogens (tertiary/aromatic N) is 3. The average Bonchev–Trinajstić information content (AvgIpc) is 3.39. The molecular weight excluding hydrogens is 561 g/mol. The Bertz CT molecular complexity index is 1440. The predicted molar refractivity (Wildman–Crippen MR) is 150 cm³/mol. The van der Waals surface area contributed by atoms with Crippen molar-refractivity contribution in [2.45, 2.75) is 24.9 Å². The zero-order chi connectivity index (χ0) is 27.6. The predicted octanol–water partition coefficient (Wildman–Crippen LogP) is 4.57. The minimum atomic E-state index is -4.00. The molecule has 2 aliphatic rings. The number of hydrogen-bond acceptors (Lipinski definition) is 6. The number of carbonyl (C=O) groups is 1. The molecule has 2 aliphatic heterocycles. The SMILES string of the molecule is Cc1ccc(S(=O)(=O)N(CC(=O)N2CCN(Cc3ccc4c(c3)OCO4)CC2)Cc2c(Cl)cccc2Cl)cc1. The van der Waals surface area contributed by atoms with Crippen LogP contribution in [0.3, 0.4) is 0 Å². The van der Waals surface area contributed by atoms with Gasteiger partial charge >= 0.3 is 0 Å². The summed E-state index contributed by atoms with van der Waals surface area (Å²) < 4.78 is 39.3. The van der Waals surface area contributed by atoms with Gasteiger partial charge in [0.15, 0.2) is 11.5 Å². The summed E-state index contributed by atoms with van der Waals surface area (Å²) in [4.78, 5) is 17.5. The van der Waals surface area contributed by atoms with Crippen LogP contribution in [0, 0.1) is 6.92 Å². The Hall–Kier alpha value is -2.82. The van der Waals surface area contributed by atoms with Gasteiger partial charge in [0.2, 0.25) is 22.7 Å². The van der Waals surface area contributed by atoms with Gasteiger partial charge in [-0.05, 0) is 48.9 Å². The maximum absolute atomic E-state index is 13.7. The number of hydrogen-bond donors (Lipinski definition) is 0. The molecule has 8 nitrogen and oxygen atoms in total. The van der Waals surface area contributed by atoms with Crippen LogP contribution in [0.5, 0.6) is 11.5 Å². The van der Waals surface area contributed by atoms with Crippen LogP contribution >= 0.6 is 23.2 Å². The Labute approximate surface area is 238 Å². The van der Waals surface area contributed by atoms with Gasteiger partial charge in [-0.25, -0.2) is 8.42 Å². The molecule has 5 rings (SSSR count). The van der Waals surface area contributed by atoms with Crippen LogP contribution in [0.2, 0.25) is 10.0 Å². The number of amides is 1. The molecule has 0 radical (unpaired) electrons. The van der Waals surface area contributed by atoms with Crippen molar-refractivity contribution < 1.29 is 22.7 Å². The lowest BCUT2D eigenvalue weighted by atomic mass is 10.1. The third kappa shape index (κ3) is 6.34. The van der Waals surface area contributed by atoms with Crippen molar-refractivity contribution in [3.05, 3.63) is 87.4 Å². The van der Waals surface area contributed by atoms with Gasteiger partial charge in [0, 0.05) is 54.9 Å². The molecule has 39 heavy (non-hydrogen) atoms. The normalized spacial score (nSPS) is 15.6. The molecule has 1 amide bonds. The van der Waals surface area contributed by atoms with Gasteiger partial charge in [0.1, 0.15) is 0 Å². The molecule has 0 aliphatic carbocycles. The molecule has 0 unspecified atom stereocenters. The quantitative estimate of drug-likeness (QED) is 0.383. The number of rotatable bonds is 8. The lowest BCUT2D eigenvalue weighted by Crippen LogP contribution is -2.51. The van der Waals surface area contributed by atoms with Gasteiger partial charge in [0.05, 0.1) is 11.4 Å². The van der Waals surface area contributed by atoms with Gasteiger partial charge in [-0.15, -0.1) is 0 Å². The summed E-state index contributed by atoms with van der Waals surface area (Å²) in [6, 6.07) is 17.5. The van der Waals surface area contributed by atoms with Crippen LogP contribution in [-0.4, -0.2) is 67.9 Å². The first-order chi connectivity index (χ1) is 18.7. The summed E-state index contributed by atoms with van der Waals surface area (Å²) in [5.74, 6) is 1.23. The zero-order valence-electron chi connectivity index (χ0n) is 21.5. The molecule has 0 bridgehead atoms. The van der Waals surface area contributed by atoms with Gasteiger partial charge in [-0.3, -0.25) is 9.69 Å². The highest BCUT2D eigenvalue weighted by molar-refractivity contribution is 7.89. The summed E-state index contributed by atoms with van der Waals surface area (Å²) >= 11 is 12.7. The fraction of sp³-hybridized carbons (Fsp3) is 0.321. The van der Waals surface area contributed by atoms with E-state index in [1.165, 1.54) is 0 Å². The molecular formula is C28H29Cl2N3O5S. The number of carbonyl (C=O) groups excluding carboxylic acids is 1. The summed E-state index contributed by atoms with van der Waals surface area (Å²) in [6.45, 7) is 4.72. The van der Waals surface area contributed by atoms with Crippen LogP contribution < -0.4 is 9.47 Å². The van der Waals surface area contributed by atoms with Crippen molar-refractivity contribution in [2.24, 2.45) is 0 Å². The van der Waals surface area contributed by atoms with Crippen molar-refractivity contribution >= 4 is 39.1 Å². The number of ether oxygens (including phenoxy) is 2. The minimum Gasteiger partial charge on any atom is -0.454 e. The Balaban J connectivity index is 1.28. The summed E-state index contributed by atoms with van der Waals surface area (Å²) in [7, 11) is -4.00. The lowest BCUT2D eigenvalue weighted by molar-refractivity contribution is -0.133. The number of fused-ring (bicyclic) bond motifs is 1. The van der Waals surface area contributed by atoms with Crippen molar-refractivity contribution in [3.8, 4) is 11.5 Å². The minimum absolute atomic E-state index is 0.109. The Morgan fingerprint density at radius 1 is 0.923 bits per heavy atom. The molecule has 1 saturated heterocycles. The molecule has 0 aromatic heterocycles. The fourth-order valence-corrected chi connectivity index (χ4v) is 6.52. The van der Waals surface area contributed by atoms with Crippen LogP contribution in [0.15, 0.2) is 65.6 Å². The largest absolute Gasteiger partial charge is 0.454 e.